The van der Waals surface area contributed by atoms with Gasteiger partial charge in [-0.2, -0.15) is 0 Å². The summed E-state index contributed by atoms with van der Waals surface area (Å²) in [5.74, 6) is -1.54. The van der Waals surface area contributed by atoms with Crippen LogP contribution < -0.4 is 9.22 Å². The molecule has 3 rings (SSSR count). The second-order valence-corrected chi connectivity index (χ2v) is 6.40. The number of carboxylic acids is 1. The number of nitrogens with zero attached hydrogens (tertiary/aromatic N) is 2. The molecule has 0 aromatic heterocycles. The number of carbonyl (C=O) groups excluding carboxylic acids is 1. The first-order chi connectivity index (χ1) is 11.2. The van der Waals surface area contributed by atoms with Crippen molar-refractivity contribution < 1.29 is 24.5 Å². The Balaban J connectivity index is 2.10. The summed E-state index contributed by atoms with van der Waals surface area (Å²) in [7, 11) is 4.09. The molecule has 0 radical (unpaired) electrons. The molecule has 0 bridgehead atoms. The topological polar surface area (TPSA) is 96.2 Å². The molecule has 1 heterocycles. The average Bonchev–Trinajstić information content (AvgIpc) is 2.56. The van der Waals surface area contributed by atoms with Gasteiger partial charge in [-0.05, 0) is 13.0 Å². The zero-order valence-corrected chi connectivity index (χ0v) is 13.7. The summed E-state index contributed by atoms with van der Waals surface area (Å²) in [5, 5.41) is 19.3. The molecule has 2 unspecified atom stereocenters. The number of aliphatic hydroxyl groups is 1. The third-order valence-electron chi connectivity index (χ3n) is 4.57. The summed E-state index contributed by atoms with van der Waals surface area (Å²) < 4.78 is 6.39. The molecule has 0 saturated heterocycles. The van der Waals surface area contributed by atoms with Crippen molar-refractivity contribution in [3.8, 4) is 5.75 Å². The van der Waals surface area contributed by atoms with Crippen molar-refractivity contribution in [3.63, 3.8) is 0 Å². The summed E-state index contributed by atoms with van der Waals surface area (Å²) >= 11 is 0. The quantitative estimate of drug-likeness (QED) is 0.808. The second-order valence-electron chi connectivity index (χ2n) is 6.40. The highest BCUT2D eigenvalue weighted by Gasteiger charge is 2.42. The van der Waals surface area contributed by atoms with Crippen LogP contribution in [0.1, 0.15) is 6.92 Å². The molecule has 2 aliphatic rings. The Morgan fingerprint density at radius 2 is 2.08 bits per heavy atom. The number of quaternary nitrogens is 1. The Labute approximate surface area is 139 Å². The van der Waals surface area contributed by atoms with E-state index in [1.165, 1.54) is 0 Å². The van der Waals surface area contributed by atoms with Gasteiger partial charge in [0.1, 0.15) is 11.4 Å². The number of hydrogen-bond acceptors (Lipinski definition) is 5. The van der Waals surface area contributed by atoms with Crippen LogP contribution in [0.3, 0.4) is 0 Å². The number of benzene rings is 1. The highest BCUT2D eigenvalue weighted by molar-refractivity contribution is 6.28. The first-order valence-corrected chi connectivity index (χ1v) is 7.64. The number of rotatable bonds is 3. The van der Waals surface area contributed by atoms with Crippen molar-refractivity contribution in [2.75, 3.05) is 20.6 Å². The van der Waals surface area contributed by atoms with Gasteiger partial charge in [0.05, 0.1) is 31.9 Å². The molecule has 1 aromatic carbocycles. The first-order valence-electron chi connectivity index (χ1n) is 7.64. The van der Waals surface area contributed by atoms with Crippen molar-refractivity contribution in [1.82, 2.24) is 4.48 Å². The van der Waals surface area contributed by atoms with Crippen LogP contribution in [-0.4, -0.2) is 60.5 Å². The molecule has 7 nitrogen and oxygen atoms in total. The number of carboxylic acid groups (broad SMARTS) is 1. The van der Waals surface area contributed by atoms with E-state index in [0.29, 0.717) is 15.9 Å². The largest absolute Gasteiger partial charge is 0.478 e. The molecule has 1 aliphatic heterocycles. The van der Waals surface area contributed by atoms with Gasteiger partial charge >= 0.3 is 5.97 Å². The summed E-state index contributed by atoms with van der Waals surface area (Å²) in [5.41, 5.74) is 1.30. The minimum Gasteiger partial charge on any atom is -0.478 e. The number of ketones is 1. The predicted molar refractivity (Wildman–Crippen MR) is 88.9 cm³/mol. The third-order valence-corrected chi connectivity index (χ3v) is 4.57. The van der Waals surface area contributed by atoms with Crippen LogP contribution in [0.2, 0.25) is 0 Å². The lowest BCUT2D eigenvalue weighted by Gasteiger charge is -2.33. The Bertz CT molecular complexity index is 794. The van der Waals surface area contributed by atoms with Crippen molar-refractivity contribution in [3.05, 3.63) is 29.8 Å². The van der Waals surface area contributed by atoms with Gasteiger partial charge < -0.3 is 14.9 Å². The summed E-state index contributed by atoms with van der Waals surface area (Å²) in [6.45, 7) is 2.92. The highest BCUT2D eigenvalue weighted by atomic mass is 16.5. The summed E-state index contributed by atoms with van der Waals surface area (Å²) in [6, 6.07) is 5.48. The van der Waals surface area contributed by atoms with Crippen LogP contribution in [0.15, 0.2) is 34.8 Å². The van der Waals surface area contributed by atoms with Gasteiger partial charge in [-0.1, -0.05) is 0 Å². The van der Waals surface area contributed by atoms with Crippen molar-refractivity contribution in [2.45, 2.75) is 19.1 Å². The molecule has 2 N–H and O–H groups in total. The van der Waals surface area contributed by atoms with Crippen molar-refractivity contribution in [1.29, 1.82) is 0 Å². The van der Waals surface area contributed by atoms with Crippen molar-refractivity contribution in [2.24, 2.45) is 4.99 Å². The lowest BCUT2D eigenvalue weighted by molar-refractivity contribution is -0.133. The number of fused-ring (bicyclic) bond motifs is 2. The van der Waals surface area contributed by atoms with Crippen LogP contribution in [0.25, 0.3) is 0 Å². The number of carbonyl (C=O) groups is 2. The molecule has 24 heavy (non-hydrogen) atoms. The zero-order chi connectivity index (χ0) is 17.6. The smallest absolute Gasteiger partial charge is 0.337 e. The monoisotopic (exact) mass is 331 g/mol. The molecule has 7 heteroatoms. The van der Waals surface area contributed by atoms with E-state index in [0.717, 1.165) is 18.3 Å². The maximum absolute atomic E-state index is 11.8. The predicted octanol–water partition coefficient (Wildman–Crippen LogP) is 1.06. The van der Waals surface area contributed by atoms with Crippen LogP contribution in [0.4, 0.5) is 11.4 Å². The second kappa shape index (κ2) is 5.54. The molecule has 2 atom stereocenters. The minimum absolute atomic E-state index is 0.0686. The van der Waals surface area contributed by atoms with Gasteiger partial charge in [-0.3, -0.25) is 9.28 Å². The van der Waals surface area contributed by atoms with E-state index in [9.17, 15) is 19.8 Å². The molecule has 1 aliphatic carbocycles. The van der Waals surface area contributed by atoms with Gasteiger partial charge in [-0.25, -0.2) is 9.79 Å². The van der Waals surface area contributed by atoms with E-state index in [4.69, 9.17) is 4.74 Å². The third kappa shape index (κ3) is 2.51. The Morgan fingerprint density at radius 1 is 1.38 bits per heavy atom. The standard InChI is InChI=1S/C17H18N2O5/c1-4-19(2,3)9-5-6-11-13(7-9)24-16-14(18-11)10(17(22)23)8-12(20)15(16)21/h5-8,15-16,21H,4H2,1-3H3/p+1. The summed E-state index contributed by atoms with van der Waals surface area (Å²) in [4.78, 5) is 27.5. The number of hydrogen-bond donors (Lipinski definition) is 2. The molecule has 126 valence electrons. The SMILES string of the molecule is CC[N+](C)(C)c1ccc2c(c1)OC1C(=N2)C(C(=O)O)=CC(=O)C1O. The molecule has 0 spiro atoms. The molecule has 1 aromatic rings. The molecule has 0 saturated carbocycles. The molecule has 0 amide bonds. The number of aliphatic carboxylic acids is 1. The fourth-order valence-corrected chi connectivity index (χ4v) is 2.68. The molecular weight excluding hydrogens is 312 g/mol. The first kappa shape index (κ1) is 16.4. The van der Waals surface area contributed by atoms with Crippen molar-refractivity contribution >= 4 is 28.8 Å². The maximum atomic E-state index is 11.8. The van der Waals surface area contributed by atoms with E-state index in [-0.39, 0.29) is 11.3 Å². The fourth-order valence-electron chi connectivity index (χ4n) is 2.68. The Morgan fingerprint density at radius 3 is 2.71 bits per heavy atom. The zero-order valence-electron chi connectivity index (χ0n) is 13.7. The van der Waals surface area contributed by atoms with Crippen LogP contribution in [0, 0.1) is 0 Å². The van der Waals surface area contributed by atoms with E-state index in [2.05, 4.69) is 11.9 Å². The van der Waals surface area contributed by atoms with E-state index in [1.54, 1.807) is 6.07 Å². The van der Waals surface area contributed by atoms with E-state index in [1.807, 2.05) is 26.2 Å². The lowest BCUT2D eigenvalue weighted by Crippen LogP contribution is -2.49. The van der Waals surface area contributed by atoms with E-state index < -0.39 is 24.0 Å². The minimum atomic E-state index is -1.46. The fraction of sp³-hybridized carbons (Fsp3) is 0.353. The average molecular weight is 331 g/mol. The number of aliphatic hydroxyl groups excluding tert-OH is 1. The van der Waals surface area contributed by atoms with Gasteiger partial charge in [0.2, 0.25) is 0 Å². The molecular formula is C17H19N2O5+. The van der Waals surface area contributed by atoms with Gasteiger partial charge in [-0.15, -0.1) is 0 Å². The Kier molecular flexibility index (Phi) is 3.77. The molecule has 0 fully saturated rings. The summed E-state index contributed by atoms with van der Waals surface area (Å²) in [6.07, 6.45) is -1.66. The van der Waals surface area contributed by atoms with Crippen LogP contribution in [0.5, 0.6) is 5.75 Å². The number of aliphatic imine (C=N–C) groups is 1. The van der Waals surface area contributed by atoms with Gasteiger partial charge in [0.15, 0.2) is 23.7 Å². The maximum Gasteiger partial charge on any atom is 0.337 e. The van der Waals surface area contributed by atoms with Gasteiger partial charge in [0, 0.05) is 18.2 Å². The normalized spacial score (nSPS) is 22.8. The van der Waals surface area contributed by atoms with E-state index >= 15 is 0 Å². The lowest BCUT2D eigenvalue weighted by atomic mass is 9.90. The number of ether oxygens (including phenoxy) is 1. The highest BCUT2D eigenvalue weighted by Crippen LogP contribution is 2.39. The van der Waals surface area contributed by atoms with Gasteiger partial charge in [0.25, 0.3) is 0 Å². The Hall–Kier alpha value is -2.51. The van der Waals surface area contributed by atoms with Crippen LogP contribution in [-0.2, 0) is 9.59 Å². The van der Waals surface area contributed by atoms with Crippen LogP contribution >= 0.6 is 0 Å².